The lowest BCUT2D eigenvalue weighted by molar-refractivity contribution is 0.493. The van der Waals surface area contributed by atoms with E-state index in [4.69, 9.17) is 11.6 Å². The molecule has 2 unspecified atom stereocenters. The summed E-state index contributed by atoms with van der Waals surface area (Å²) in [6, 6.07) is 4.16. The molecule has 1 fully saturated rings. The predicted molar refractivity (Wildman–Crippen MR) is 58.7 cm³/mol. The maximum Gasteiger partial charge on any atom is 0.0931 e. The van der Waals surface area contributed by atoms with Crippen molar-refractivity contribution in [3.63, 3.8) is 0 Å². The smallest absolute Gasteiger partial charge is 0.0931 e. The Morgan fingerprint density at radius 2 is 2.46 bits per heavy atom. The van der Waals surface area contributed by atoms with Crippen LogP contribution in [0.5, 0.6) is 0 Å². The topological polar surface area (TPSA) is 12.0 Å². The van der Waals surface area contributed by atoms with Gasteiger partial charge in [-0.3, -0.25) is 0 Å². The van der Waals surface area contributed by atoms with Crippen LogP contribution in [0.1, 0.15) is 24.1 Å². The van der Waals surface area contributed by atoms with Crippen molar-refractivity contribution in [3.05, 3.63) is 21.3 Å². The van der Waals surface area contributed by atoms with Crippen LogP contribution in [0.4, 0.5) is 0 Å². The van der Waals surface area contributed by atoms with Gasteiger partial charge >= 0.3 is 0 Å². The van der Waals surface area contributed by atoms with Crippen LogP contribution in [0.25, 0.3) is 0 Å². The second-order valence-electron chi connectivity index (χ2n) is 3.68. The van der Waals surface area contributed by atoms with E-state index in [-0.39, 0.29) is 0 Å². The summed E-state index contributed by atoms with van der Waals surface area (Å²) in [5, 5.41) is 3.40. The average molecular weight is 216 g/mol. The highest BCUT2D eigenvalue weighted by molar-refractivity contribution is 7.16. The van der Waals surface area contributed by atoms with Crippen LogP contribution in [0.15, 0.2) is 12.1 Å². The van der Waals surface area contributed by atoms with E-state index in [0.29, 0.717) is 5.92 Å². The third-order valence-corrected chi connectivity index (χ3v) is 4.28. The Hall–Kier alpha value is -0.0500. The van der Waals surface area contributed by atoms with Gasteiger partial charge in [0.05, 0.1) is 4.34 Å². The van der Waals surface area contributed by atoms with Crippen LogP contribution in [0.2, 0.25) is 4.34 Å². The molecule has 1 aromatic rings. The Morgan fingerprint density at radius 3 is 3.00 bits per heavy atom. The van der Waals surface area contributed by atoms with Crippen LogP contribution < -0.4 is 5.32 Å². The van der Waals surface area contributed by atoms with Crippen molar-refractivity contribution in [2.24, 2.45) is 5.92 Å². The summed E-state index contributed by atoms with van der Waals surface area (Å²) in [4.78, 5) is 1.43. The largest absolute Gasteiger partial charge is 0.316 e. The van der Waals surface area contributed by atoms with Gasteiger partial charge in [0.25, 0.3) is 0 Å². The number of nitrogens with one attached hydrogen (secondary N) is 1. The Kier molecular flexibility index (Phi) is 2.92. The first-order valence-electron chi connectivity index (χ1n) is 4.73. The predicted octanol–water partition coefficient (Wildman–Crippen LogP) is 3.11. The SMILES string of the molecule is CC(c1ccc(Cl)s1)C1CCNC1. The van der Waals surface area contributed by atoms with Crippen molar-refractivity contribution in [2.45, 2.75) is 19.3 Å². The van der Waals surface area contributed by atoms with Crippen LogP contribution in [-0.2, 0) is 0 Å². The maximum absolute atomic E-state index is 5.91. The zero-order valence-corrected chi connectivity index (χ0v) is 9.29. The Bertz CT molecular complexity index is 278. The molecule has 13 heavy (non-hydrogen) atoms. The first-order chi connectivity index (χ1) is 6.27. The molecule has 0 radical (unpaired) electrons. The molecule has 1 aliphatic heterocycles. The molecule has 0 spiro atoms. The van der Waals surface area contributed by atoms with Gasteiger partial charge in [0, 0.05) is 4.88 Å². The molecule has 1 saturated heterocycles. The lowest BCUT2D eigenvalue weighted by Crippen LogP contribution is -2.13. The fourth-order valence-corrected chi connectivity index (χ4v) is 3.11. The van der Waals surface area contributed by atoms with Gasteiger partial charge in [0.1, 0.15) is 0 Å². The highest BCUT2D eigenvalue weighted by Crippen LogP contribution is 2.34. The second-order valence-corrected chi connectivity index (χ2v) is 5.43. The van der Waals surface area contributed by atoms with Crippen LogP contribution in [-0.4, -0.2) is 13.1 Å². The van der Waals surface area contributed by atoms with E-state index in [1.165, 1.54) is 17.8 Å². The van der Waals surface area contributed by atoms with Crippen LogP contribution >= 0.6 is 22.9 Å². The van der Waals surface area contributed by atoms with E-state index < -0.39 is 0 Å². The summed E-state index contributed by atoms with van der Waals surface area (Å²) in [6.07, 6.45) is 1.30. The standard InChI is InChI=1S/C10H14ClNS/c1-7(8-4-5-12-6-8)9-2-3-10(11)13-9/h2-3,7-8,12H,4-6H2,1H3. The average Bonchev–Trinajstić information content (AvgIpc) is 2.72. The number of halogens is 1. The highest BCUT2D eigenvalue weighted by Gasteiger charge is 2.23. The van der Waals surface area contributed by atoms with Crippen LogP contribution in [0, 0.1) is 5.92 Å². The van der Waals surface area contributed by atoms with Crippen molar-refractivity contribution in [2.75, 3.05) is 13.1 Å². The Balaban J connectivity index is 2.07. The van der Waals surface area contributed by atoms with Crippen molar-refractivity contribution in [3.8, 4) is 0 Å². The molecule has 0 saturated carbocycles. The van der Waals surface area contributed by atoms with Gasteiger partial charge in [-0.15, -0.1) is 11.3 Å². The summed E-state index contributed by atoms with van der Waals surface area (Å²) in [5.74, 6) is 1.46. The molecule has 1 N–H and O–H groups in total. The third-order valence-electron chi connectivity index (χ3n) is 2.85. The zero-order chi connectivity index (χ0) is 9.26. The van der Waals surface area contributed by atoms with Gasteiger partial charge in [-0.2, -0.15) is 0 Å². The summed E-state index contributed by atoms with van der Waals surface area (Å²) in [6.45, 7) is 4.64. The van der Waals surface area contributed by atoms with Gasteiger partial charge in [-0.25, -0.2) is 0 Å². The second kappa shape index (κ2) is 3.99. The van der Waals surface area contributed by atoms with Gasteiger partial charge in [-0.05, 0) is 43.5 Å². The lowest BCUT2D eigenvalue weighted by atomic mass is 9.92. The maximum atomic E-state index is 5.91. The summed E-state index contributed by atoms with van der Waals surface area (Å²) >= 11 is 7.63. The zero-order valence-electron chi connectivity index (χ0n) is 7.72. The monoisotopic (exact) mass is 215 g/mol. The van der Waals surface area contributed by atoms with Gasteiger partial charge in [-0.1, -0.05) is 18.5 Å². The van der Waals surface area contributed by atoms with Gasteiger partial charge < -0.3 is 5.32 Å². The van der Waals surface area contributed by atoms with E-state index in [2.05, 4.69) is 18.3 Å². The molecule has 0 aromatic carbocycles. The molecule has 1 aliphatic rings. The number of hydrogen-bond acceptors (Lipinski definition) is 2. The first-order valence-corrected chi connectivity index (χ1v) is 5.93. The summed E-state index contributed by atoms with van der Waals surface area (Å²) in [5.41, 5.74) is 0. The van der Waals surface area contributed by atoms with Gasteiger partial charge in [0.2, 0.25) is 0 Å². The van der Waals surface area contributed by atoms with E-state index in [9.17, 15) is 0 Å². The molecule has 2 heterocycles. The molecule has 0 amide bonds. The minimum Gasteiger partial charge on any atom is -0.316 e. The van der Waals surface area contributed by atoms with Crippen LogP contribution in [0.3, 0.4) is 0 Å². The van der Waals surface area contributed by atoms with Gasteiger partial charge in [0.15, 0.2) is 0 Å². The molecule has 0 aliphatic carbocycles. The number of rotatable bonds is 2. The fraction of sp³-hybridized carbons (Fsp3) is 0.600. The fourth-order valence-electron chi connectivity index (χ4n) is 1.91. The van der Waals surface area contributed by atoms with E-state index in [1.54, 1.807) is 11.3 Å². The molecule has 3 heteroatoms. The van der Waals surface area contributed by atoms with Crippen molar-refractivity contribution < 1.29 is 0 Å². The Labute approximate surface area is 88.1 Å². The van der Waals surface area contributed by atoms with Crippen molar-refractivity contribution >= 4 is 22.9 Å². The molecular weight excluding hydrogens is 202 g/mol. The summed E-state index contributed by atoms with van der Waals surface area (Å²) in [7, 11) is 0. The molecule has 0 bridgehead atoms. The molecule has 1 aromatic heterocycles. The molecule has 72 valence electrons. The van der Waals surface area contributed by atoms with Crippen molar-refractivity contribution in [1.82, 2.24) is 5.32 Å². The molecular formula is C10H14ClNS. The minimum atomic E-state index is 0.660. The highest BCUT2D eigenvalue weighted by atomic mass is 35.5. The molecule has 1 nitrogen and oxygen atoms in total. The van der Waals surface area contributed by atoms with Crippen molar-refractivity contribution in [1.29, 1.82) is 0 Å². The minimum absolute atomic E-state index is 0.660. The number of thiophene rings is 1. The first kappa shape index (κ1) is 9.50. The normalized spacial score (nSPS) is 24.9. The quantitative estimate of drug-likeness (QED) is 0.800. The summed E-state index contributed by atoms with van der Waals surface area (Å²) < 4.78 is 0.910. The van der Waals surface area contributed by atoms with E-state index in [0.717, 1.165) is 16.8 Å². The lowest BCUT2D eigenvalue weighted by Gasteiger charge is -2.15. The Morgan fingerprint density at radius 1 is 1.62 bits per heavy atom. The van der Waals surface area contributed by atoms with E-state index >= 15 is 0 Å². The van der Waals surface area contributed by atoms with E-state index in [1.807, 2.05) is 6.07 Å². The molecule has 2 atom stereocenters. The number of hydrogen-bond donors (Lipinski definition) is 1. The molecule has 2 rings (SSSR count). The third kappa shape index (κ3) is 2.06.